The van der Waals surface area contributed by atoms with Gasteiger partial charge in [0.1, 0.15) is 5.75 Å². The summed E-state index contributed by atoms with van der Waals surface area (Å²) in [6.07, 6.45) is -4.64. The number of hydrogen-bond donors (Lipinski definition) is 0. The lowest BCUT2D eigenvalue weighted by Crippen LogP contribution is -2.49. The van der Waals surface area contributed by atoms with Crippen LogP contribution < -0.4 is 4.74 Å². The Bertz CT molecular complexity index is 1160. The number of sulfonamides is 1. The van der Waals surface area contributed by atoms with Gasteiger partial charge in [0.2, 0.25) is 10.0 Å². The third-order valence-corrected chi connectivity index (χ3v) is 8.79. The average Bonchev–Trinajstić information content (AvgIpc) is 2.77. The van der Waals surface area contributed by atoms with Gasteiger partial charge in [-0.05, 0) is 36.4 Å². The van der Waals surface area contributed by atoms with Crippen LogP contribution in [0.15, 0.2) is 58.3 Å². The van der Waals surface area contributed by atoms with E-state index in [0.717, 1.165) is 22.5 Å². The van der Waals surface area contributed by atoms with E-state index in [1.54, 1.807) is 12.1 Å². The van der Waals surface area contributed by atoms with Gasteiger partial charge in [0, 0.05) is 32.7 Å². The quantitative estimate of drug-likeness (QED) is 0.591. The molecule has 32 heavy (non-hydrogen) atoms. The minimum atomic E-state index is -4.64. The highest BCUT2D eigenvalue weighted by molar-refractivity contribution is 7.91. The Labute approximate surface area is 185 Å². The molecule has 0 saturated carbocycles. The number of alkyl halides is 3. The SMILES string of the molecule is COc1cccc(S(=O)(=O)CCN2CCN(S(=O)(=O)c3cccc(C(F)(F)F)c3)CC2)c1. The lowest BCUT2D eigenvalue weighted by molar-refractivity contribution is -0.137. The molecule has 0 bridgehead atoms. The molecule has 0 aliphatic carbocycles. The summed E-state index contributed by atoms with van der Waals surface area (Å²) in [6.45, 7) is 0.851. The second kappa shape index (κ2) is 9.38. The van der Waals surface area contributed by atoms with E-state index in [1.165, 1.54) is 19.2 Å². The van der Waals surface area contributed by atoms with Crippen LogP contribution in [0.3, 0.4) is 0 Å². The van der Waals surface area contributed by atoms with Crippen LogP contribution in [-0.4, -0.2) is 71.6 Å². The van der Waals surface area contributed by atoms with Crippen molar-refractivity contribution in [2.45, 2.75) is 16.0 Å². The van der Waals surface area contributed by atoms with Gasteiger partial charge in [0.15, 0.2) is 9.84 Å². The van der Waals surface area contributed by atoms with Crippen LogP contribution in [0.2, 0.25) is 0 Å². The average molecular weight is 493 g/mol. The van der Waals surface area contributed by atoms with E-state index < -0.39 is 36.5 Å². The minimum absolute atomic E-state index is 0.0534. The molecule has 0 aromatic heterocycles. The lowest BCUT2D eigenvalue weighted by Gasteiger charge is -2.34. The molecule has 0 N–H and O–H groups in total. The Morgan fingerprint density at radius 3 is 2.16 bits per heavy atom. The van der Waals surface area contributed by atoms with Gasteiger partial charge >= 0.3 is 6.18 Å². The Kier molecular flexibility index (Phi) is 7.18. The number of nitrogens with zero attached hydrogens (tertiary/aromatic N) is 2. The zero-order valence-corrected chi connectivity index (χ0v) is 18.9. The summed E-state index contributed by atoms with van der Waals surface area (Å²) in [4.78, 5) is 1.54. The Balaban J connectivity index is 1.61. The van der Waals surface area contributed by atoms with E-state index in [4.69, 9.17) is 4.74 Å². The van der Waals surface area contributed by atoms with Crippen LogP contribution in [0.5, 0.6) is 5.75 Å². The minimum Gasteiger partial charge on any atom is -0.497 e. The number of rotatable bonds is 7. The van der Waals surface area contributed by atoms with Crippen molar-refractivity contribution in [3.8, 4) is 5.75 Å². The van der Waals surface area contributed by atoms with Crippen molar-refractivity contribution in [2.75, 3.05) is 45.6 Å². The summed E-state index contributed by atoms with van der Waals surface area (Å²) in [6, 6.07) is 9.80. The van der Waals surface area contributed by atoms with Crippen LogP contribution >= 0.6 is 0 Å². The van der Waals surface area contributed by atoms with Gasteiger partial charge < -0.3 is 4.74 Å². The fraction of sp³-hybridized carbons (Fsp3) is 0.400. The predicted molar refractivity (Wildman–Crippen MR) is 112 cm³/mol. The molecule has 0 spiro atoms. The first-order valence-electron chi connectivity index (χ1n) is 9.70. The highest BCUT2D eigenvalue weighted by Crippen LogP contribution is 2.31. The number of ether oxygens (including phenoxy) is 1. The number of piperazine rings is 1. The molecule has 176 valence electrons. The standard InChI is InChI=1S/C20H23F3N2O5S2/c1-30-17-5-3-6-18(15-17)31(26,27)13-12-24-8-10-25(11-9-24)32(28,29)19-7-2-4-16(14-19)20(21,22)23/h2-7,14-15H,8-13H2,1H3. The highest BCUT2D eigenvalue weighted by atomic mass is 32.2. The molecule has 1 heterocycles. The van der Waals surface area contributed by atoms with Crippen molar-refractivity contribution < 1.29 is 34.7 Å². The molecule has 0 radical (unpaired) electrons. The van der Waals surface area contributed by atoms with Gasteiger partial charge in [-0.1, -0.05) is 12.1 Å². The van der Waals surface area contributed by atoms with E-state index in [9.17, 15) is 30.0 Å². The molecule has 0 atom stereocenters. The first-order chi connectivity index (χ1) is 14.9. The van der Waals surface area contributed by atoms with E-state index in [1.807, 2.05) is 4.90 Å². The van der Waals surface area contributed by atoms with E-state index in [0.29, 0.717) is 11.8 Å². The molecule has 1 saturated heterocycles. The van der Waals surface area contributed by atoms with Crippen molar-refractivity contribution in [2.24, 2.45) is 0 Å². The normalized spacial score (nSPS) is 16.8. The first-order valence-corrected chi connectivity index (χ1v) is 12.8. The maximum Gasteiger partial charge on any atom is 0.416 e. The third kappa shape index (κ3) is 5.61. The molecule has 1 fully saturated rings. The van der Waals surface area contributed by atoms with E-state index >= 15 is 0 Å². The van der Waals surface area contributed by atoms with Crippen LogP contribution in [0.25, 0.3) is 0 Å². The molecule has 2 aromatic rings. The molecule has 1 aliphatic rings. The van der Waals surface area contributed by atoms with Crippen molar-refractivity contribution in [1.29, 1.82) is 0 Å². The van der Waals surface area contributed by atoms with Gasteiger partial charge in [-0.3, -0.25) is 4.90 Å². The Morgan fingerprint density at radius 1 is 0.906 bits per heavy atom. The summed E-state index contributed by atoms with van der Waals surface area (Å²) in [5.41, 5.74) is -1.03. The zero-order chi connectivity index (χ0) is 23.6. The molecule has 7 nitrogen and oxygen atoms in total. The summed E-state index contributed by atoms with van der Waals surface area (Å²) in [5.74, 6) is 0.278. The van der Waals surface area contributed by atoms with Gasteiger partial charge in [-0.2, -0.15) is 17.5 Å². The summed E-state index contributed by atoms with van der Waals surface area (Å²) >= 11 is 0. The first kappa shape index (κ1) is 24.5. The number of sulfone groups is 1. The van der Waals surface area contributed by atoms with Crippen molar-refractivity contribution >= 4 is 19.9 Å². The summed E-state index contributed by atoms with van der Waals surface area (Å²) in [7, 11) is -6.20. The van der Waals surface area contributed by atoms with Gasteiger partial charge in [-0.25, -0.2) is 16.8 Å². The van der Waals surface area contributed by atoms with Crippen molar-refractivity contribution in [3.63, 3.8) is 0 Å². The Hall–Kier alpha value is -2.15. The number of hydrogen-bond acceptors (Lipinski definition) is 6. The van der Waals surface area contributed by atoms with Crippen molar-refractivity contribution in [1.82, 2.24) is 9.21 Å². The molecular weight excluding hydrogens is 469 g/mol. The lowest BCUT2D eigenvalue weighted by atomic mass is 10.2. The molecule has 2 aromatic carbocycles. The van der Waals surface area contributed by atoms with E-state index in [2.05, 4.69) is 0 Å². The number of methoxy groups -OCH3 is 1. The van der Waals surface area contributed by atoms with Gasteiger partial charge in [-0.15, -0.1) is 0 Å². The van der Waals surface area contributed by atoms with Crippen LogP contribution in [0.1, 0.15) is 5.56 Å². The molecule has 3 rings (SSSR count). The number of benzene rings is 2. The summed E-state index contributed by atoms with van der Waals surface area (Å²) in [5, 5.41) is 0. The third-order valence-electron chi connectivity index (χ3n) is 5.21. The second-order valence-electron chi connectivity index (χ2n) is 7.27. The second-order valence-corrected chi connectivity index (χ2v) is 11.3. The van der Waals surface area contributed by atoms with Crippen LogP contribution in [0.4, 0.5) is 13.2 Å². The maximum atomic E-state index is 12.9. The predicted octanol–water partition coefficient (Wildman–Crippen LogP) is 2.49. The van der Waals surface area contributed by atoms with Crippen molar-refractivity contribution in [3.05, 3.63) is 54.1 Å². The smallest absolute Gasteiger partial charge is 0.416 e. The molecule has 12 heteroatoms. The molecule has 0 amide bonds. The Morgan fingerprint density at radius 2 is 1.53 bits per heavy atom. The highest BCUT2D eigenvalue weighted by Gasteiger charge is 2.34. The monoisotopic (exact) mass is 492 g/mol. The van der Waals surface area contributed by atoms with E-state index in [-0.39, 0.29) is 43.4 Å². The fourth-order valence-corrected chi connectivity index (χ4v) is 6.12. The molecular formula is C20H23F3N2O5S2. The topological polar surface area (TPSA) is 84.0 Å². The van der Waals surface area contributed by atoms with Crippen LogP contribution in [-0.2, 0) is 26.0 Å². The number of halogens is 3. The maximum absolute atomic E-state index is 12.9. The van der Waals surface area contributed by atoms with Crippen LogP contribution in [0, 0.1) is 0 Å². The zero-order valence-electron chi connectivity index (χ0n) is 17.2. The van der Waals surface area contributed by atoms with Gasteiger partial charge in [0.05, 0.1) is 28.2 Å². The largest absolute Gasteiger partial charge is 0.497 e. The molecule has 1 aliphatic heterocycles. The summed E-state index contributed by atoms with van der Waals surface area (Å²) < 4.78 is 95.6. The van der Waals surface area contributed by atoms with Gasteiger partial charge in [0.25, 0.3) is 0 Å². The molecule has 0 unspecified atom stereocenters. The fourth-order valence-electron chi connectivity index (χ4n) is 3.34.